The van der Waals surface area contributed by atoms with Crippen LogP contribution in [0.4, 0.5) is 5.82 Å². The van der Waals surface area contributed by atoms with Crippen LogP contribution in [0, 0.1) is 6.92 Å². The number of carbonyl (C=O) groups excluding carboxylic acids is 3. The van der Waals surface area contributed by atoms with E-state index >= 15 is 0 Å². The third-order valence-electron chi connectivity index (χ3n) is 6.23. The molecule has 1 aliphatic rings. The van der Waals surface area contributed by atoms with E-state index in [2.05, 4.69) is 15.0 Å². The highest BCUT2D eigenvalue weighted by Crippen LogP contribution is 2.30. The summed E-state index contributed by atoms with van der Waals surface area (Å²) in [6.45, 7) is 3.17. The van der Waals surface area contributed by atoms with Gasteiger partial charge in [-0.2, -0.15) is 0 Å². The maximum Gasteiger partial charge on any atom is 0.295 e. The lowest BCUT2D eigenvalue weighted by molar-refractivity contribution is -0.127. The number of nitrogen functional groups attached to an aromatic ring is 1. The van der Waals surface area contributed by atoms with Crippen LogP contribution in [0.3, 0.4) is 0 Å². The molecule has 9 heteroatoms. The fourth-order valence-electron chi connectivity index (χ4n) is 4.40. The third kappa shape index (κ3) is 4.12. The van der Waals surface area contributed by atoms with E-state index in [-0.39, 0.29) is 11.5 Å². The molecule has 0 spiro atoms. The van der Waals surface area contributed by atoms with Crippen LogP contribution >= 0.6 is 0 Å². The summed E-state index contributed by atoms with van der Waals surface area (Å²) in [4.78, 5) is 54.2. The normalized spacial score (nSPS) is 13.7. The molecule has 35 heavy (non-hydrogen) atoms. The minimum Gasteiger partial charge on any atom is -0.384 e. The standard InChI is InChI=1S/C26H24N6O3/c1-16-14-28-22(19-8-5-9-20(27)30-19)23-21(16)18(15-29-23)24(33)26(35)32-12-10-31(11-13-32)25(34)17-6-3-2-4-7-17/h2-9,14-15,29H,10-13H2,1H3,(H2,27,30). The van der Waals surface area contributed by atoms with Crippen molar-refractivity contribution in [2.75, 3.05) is 31.9 Å². The largest absolute Gasteiger partial charge is 0.384 e. The minimum absolute atomic E-state index is 0.0773. The topological polar surface area (TPSA) is 125 Å². The molecule has 4 heterocycles. The molecule has 1 saturated heterocycles. The fourth-order valence-corrected chi connectivity index (χ4v) is 4.40. The predicted molar refractivity (Wildman–Crippen MR) is 132 cm³/mol. The summed E-state index contributed by atoms with van der Waals surface area (Å²) in [6, 6.07) is 14.3. The molecule has 1 aliphatic heterocycles. The van der Waals surface area contributed by atoms with Gasteiger partial charge in [-0.3, -0.25) is 19.4 Å². The van der Waals surface area contributed by atoms with E-state index in [0.717, 1.165) is 5.56 Å². The highest BCUT2D eigenvalue weighted by atomic mass is 16.2. The Morgan fingerprint density at radius 1 is 0.943 bits per heavy atom. The number of carbonyl (C=O) groups is 3. The number of Topliss-reactive ketones (excluding diaryl/α,β-unsaturated/α-hetero) is 1. The lowest BCUT2D eigenvalue weighted by Crippen LogP contribution is -2.52. The molecule has 176 valence electrons. The molecule has 4 aromatic rings. The van der Waals surface area contributed by atoms with Gasteiger partial charge in [-0.05, 0) is 36.8 Å². The number of aromatic nitrogens is 3. The molecular weight excluding hydrogens is 444 g/mol. The SMILES string of the molecule is Cc1cnc(-c2cccc(N)n2)c2[nH]cc(C(=O)C(=O)N3CCN(C(=O)c4ccccc4)CC3)c12. The molecule has 0 saturated carbocycles. The summed E-state index contributed by atoms with van der Waals surface area (Å²) in [5, 5.41) is 0.635. The van der Waals surface area contributed by atoms with E-state index in [1.807, 2.05) is 25.1 Å². The number of hydrogen-bond donors (Lipinski definition) is 2. The molecule has 3 aromatic heterocycles. The summed E-state index contributed by atoms with van der Waals surface area (Å²) < 4.78 is 0. The number of aromatic amines is 1. The first kappa shape index (κ1) is 22.3. The lowest BCUT2D eigenvalue weighted by atomic mass is 10.0. The van der Waals surface area contributed by atoms with E-state index in [9.17, 15) is 14.4 Å². The predicted octanol–water partition coefficient (Wildman–Crippen LogP) is 2.68. The Bertz CT molecular complexity index is 1440. The Morgan fingerprint density at radius 2 is 1.66 bits per heavy atom. The van der Waals surface area contributed by atoms with Crippen molar-refractivity contribution in [2.45, 2.75) is 6.92 Å². The van der Waals surface area contributed by atoms with Gasteiger partial charge >= 0.3 is 0 Å². The van der Waals surface area contributed by atoms with Gasteiger partial charge in [-0.15, -0.1) is 0 Å². The Labute approximate surface area is 201 Å². The number of nitrogens with two attached hydrogens (primary N) is 1. The number of hydrogen-bond acceptors (Lipinski definition) is 6. The van der Waals surface area contributed by atoms with Crippen LogP contribution in [0.15, 0.2) is 60.9 Å². The van der Waals surface area contributed by atoms with E-state index in [4.69, 9.17) is 5.73 Å². The van der Waals surface area contributed by atoms with Crippen molar-refractivity contribution in [3.05, 3.63) is 77.6 Å². The first-order valence-electron chi connectivity index (χ1n) is 11.3. The second-order valence-corrected chi connectivity index (χ2v) is 8.47. The maximum absolute atomic E-state index is 13.3. The number of ketones is 1. The highest BCUT2D eigenvalue weighted by molar-refractivity contribution is 6.45. The average Bonchev–Trinajstić information content (AvgIpc) is 3.34. The number of aryl methyl sites for hydroxylation is 1. The molecule has 0 atom stereocenters. The number of piperazine rings is 1. The monoisotopic (exact) mass is 468 g/mol. The van der Waals surface area contributed by atoms with Crippen LogP contribution in [0.5, 0.6) is 0 Å². The first-order chi connectivity index (χ1) is 16.9. The highest BCUT2D eigenvalue weighted by Gasteiger charge is 2.30. The smallest absolute Gasteiger partial charge is 0.295 e. The van der Waals surface area contributed by atoms with E-state index in [1.54, 1.807) is 47.6 Å². The van der Waals surface area contributed by atoms with Crippen LogP contribution < -0.4 is 5.73 Å². The lowest BCUT2D eigenvalue weighted by Gasteiger charge is -2.34. The second-order valence-electron chi connectivity index (χ2n) is 8.47. The molecule has 0 aliphatic carbocycles. The van der Waals surface area contributed by atoms with Crippen molar-refractivity contribution in [1.82, 2.24) is 24.8 Å². The first-order valence-corrected chi connectivity index (χ1v) is 11.3. The number of H-pyrrole nitrogens is 1. The molecule has 3 N–H and O–H groups in total. The van der Waals surface area contributed by atoms with Crippen LogP contribution in [0.2, 0.25) is 0 Å². The van der Waals surface area contributed by atoms with Gasteiger partial charge in [-0.1, -0.05) is 24.3 Å². The summed E-state index contributed by atoms with van der Waals surface area (Å²) in [5.74, 6) is -0.898. The van der Waals surface area contributed by atoms with Crippen LogP contribution in [-0.2, 0) is 4.79 Å². The second kappa shape index (κ2) is 9.02. The maximum atomic E-state index is 13.3. The van der Waals surface area contributed by atoms with Gasteiger partial charge < -0.3 is 20.5 Å². The summed E-state index contributed by atoms with van der Waals surface area (Å²) in [7, 11) is 0. The number of pyridine rings is 2. The number of fused-ring (bicyclic) bond motifs is 1. The number of amides is 2. The van der Waals surface area contributed by atoms with Crippen LogP contribution in [0.25, 0.3) is 22.3 Å². The zero-order chi connectivity index (χ0) is 24.5. The Hall–Kier alpha value is -4.53. The Morgan fingerprint density at radius 3 is 2.37 bits per heavy atom. The quantitative estimate of drug-likeness (QED) is 0.350. The van der Waals surface area contributed by atoms with Gasteiger partial charge in [-0.25, -0.2) is 4.98 Å². The van der Waals surface area contributed by atoms with E-state index in [1.165, 1.54) is 4.90 Å². The minimum atomic E-state index is -0.597. The van der Waals surface area contributed by atoms with Gasteiger partial charge in [0.2, 0.25) is 0 Å². The molecule has 0 bridgehead atoms. The van der Waals surface area contributed by atoms with Gasteiger partial charge in [0.25, 0.3) is 17.6 Å². The molecule has 2 amide bonds. The zero-order valence-corrected chi connectivity index (χ0v) is 19.2. The number of anilines is 1. The van der Waals surface area contributed by atoms with Crippen molar-refractivity contribution in [1.29, 1.82) is 0 Å². The van der Waals surface area contributed by atoms with Gasteiger partial charge in [0.05, 0.1) is 16.8 Å². The van der Waals surface area contributed by atoms with Gasteiger partial charge in [0, 0.05) is 49.5 Å². The molecule has 0 unspecified atom stereocenters. The molecule has 1 aromatic carbocycles. The molecule has 1 fully saturated rings. The number of nitrogens with zero attached hydrogens (tertiary/aromatic N) is 4. The van der Waals surface area contributed by atoms with Gasteiger partial charge in [0.15, 0.2) is 0 Å². The van der Waals surface area contributed by atoms with E-state index in [0.29, 0.717) is 59.9 Å². The zero-order valence-electron chi connectivity index (χ0n) is 19.2. The fraction of sp³-hybridized carbons (Fsp3) is 0.192. The van der Waals surface area contributed by atoms with E-state index < -0.39 is 11.7 Å². The average molecular weight is 469 g/mol. The summed E-state index contributed by atoms with van der Waals surface area (Å²) in [6.07, 6.45) is 3.20. The third-order valence-corrected chi connectivity index (χ3v) is 6.23. The number of benzene rings is 1. The number of nitrogens with one attached hydrogen (secondary N) is 1. The number of rotatable bonds is 4. The summed E-state index contributed by atoms with van der Waals surface area (Å²) >= 11 is 0. The van der Waals surface area contributed by atoms with Crippen molar-refractivity contribution in [3.8, 4) is 11.4 Å². The summed E-state index contributed by atoms with van der Waals surface area (Å²) in [5.41, 5.74) is 9.24. The van der Waals surface area contributed by atoms with Crippen LogP contribution in [-0.4, -0.2) is 68.5 Å². The molecule has 9 nitrogen and oxygen atoms in total. The molecular formula is C26H24N6O3. The Kier molecular flexibility index (Phi) is 5.74. The van der Waals surface area contributed by atoms with Crippen molar-refractivity contribution in [3.63, 3.8) is 0 Å². The van der Waals surface area contributed by atoms with Crippen molar-refractivity contribution >= 4 is 34.3 Å². The van der Waals surface area contributed by atoms with Crippen molar-refractivity contribution in [2.24, 2.45) is 0 Å². The Balaban J connectivity index is 1.36. The van der Waals surface area contributed by atoms with Crippen LogP contribution in [0.1, 0.15) is 26.3 Å². The van der Waals surface area contributed by atoms with Gasteiger partial charge in [0.1, 0.15) is 11.5 Å². The molecule has 5 rings (SSSR count). The van der Waals surface area contributed by atoms with Crippen molar-refractivity contribution < 1.29 is 14.4 Å². The molecule has 0 radical (unpaired) electrons.